The van der Waals surface area contributed by atoms with Gasteiger partial charge in [-0.15, -0.1) is 0 Å². The number of hydrogen-bond acceptors (Lipinski definition) is 6. The Morgan fingerprint density at radius 1 is 1.00 bits per heavy atom. The summed E-state index contributed by atoms with van der Waals surface area (Å²) in [5.41, 5.74) is -1.92. The molecule has 6 rings (SSSR count). The van der Waals surface area contributed by atoms with Crippen LogP contribution in [0.3, 0.4) is 0 Å². The Bertz CT molecular complexity index is 1120. The largest absolute Gasteiger partial charge is 0.459 e. The predicted molar refractivity (Wildman–Crippen MR) is 126 cm³/mol. The highest BCUT2D eigenvalue weighted by Crippen LogP contribution is 2.61. The number of hydrogen-bond donors (Lipinski definition) is 1. The average Bonchev–Trinajstić information content (AvgIpc) is 3.45. The lowest BCUT2D eigenvalue weighted by Crippen LogP contribution is -2.57. The van der Waals surface area contributed by atoms with Gasteiger partial charge in [-0.1, -0.05) is 55.5 Å². The summed E-state index contributed by atoms with van der Waals surface area (Å²) in [5, 5.41) is 13.5. The Kier molecular flexibility index (Phi) is 4.61. The fourth-order valence-corrected chi connectivity index (χ4v) is 6.76. The maximum atomic E-state index is 13.7. The normalized spacial score (nSPS) is 40.9. The number of fused-ring (bicyclic) bond motifs is 4. The van der Waals surface area contributed by atoms with Crippen molar-refractivity contribution >= 4 is 17.4 Å². The summed E-state index contributed by atoms with van der Waals surface area (Å²) < 4.78 is 6.04. The molecule has 2 aliphatic heterocycles. The van der Waals surface area contributed by atoms with Crippen molar-refractivity contribution in [2.45, 2.75) is 56.5 Å². The standard InChI is InChI=1S/C28H29NO5/c1-18-13-14-21-24(26(2)23(30)15-16-28(18,26)32)33-25(31)27(21)17-22(19-9-5-3-6-10-19)29(34-27)20-11-7-4-8-12-20/h3-12,15-16,18,21-22,24,32H,13-14,17H2,1-2H3/t18-,21+,22-,24+,26-,27?,28+/m0/s1. The molecule has 0 radical (unpaired) electrons. The zero-order valence-corrected chi connectivity index (χ0v) is 19.4. The number of anilines is 1. The topological polar surface area (TPSA) is 76.1 Å². The molecular weight excluding hydrogens is 430 g/mol. The highest BCUT2D eigenvalue weighted by atomic mass is 16.7. The third-order valence-corrected chi connectivity index (χ3v) is 8.84. The van der Waals surface area contributed by atoms with Gasteiger partial charge in [-0.05, 0) is 55.5 Å². The van der Waals surface area contributed by atoms with Crippen molar-refractivity contribution in [3.05, 3.63) is 78.4 Å². The molecule has 1 N–H and O–H groups in total. The van der Waals surface area contributed by atoms with Crippen LogP contribution in [-0.2, 0) is 19.2 Å². The number of hydroxylamine groups is 1. The predicted octanol–water partition coefficient (Wildman–Crippen LogP) is 4.16. The number of para-hydroxylation sites is 1. The van der Waals surface area contributed by atoms with Crippen molar-refractivity contribution in [1.82, 2.24) is 0 Å². The van der Waals surface area contributed by atoms with E-state index in [-0.39, 0.29) is 23.7 Å². The SMILES string of the molecule is C[C@H]1CC[C@@H]2[C@@H](OC(=O)C23C[C@@H](c2ccccc2)N(c2ccccc2)O3)[C@]2(C)C(=O)C=C[C@@]12O. The minimum absolute atomic E-state index is 0.155. The lowest BCUT2D eigenvalue weighted by molar-refractivity contribution is -0.169. The molecule has 2 aromatic rings. The molecule has 2 aromatic carbocycles. The molecule has 0 amide bonds. The number of ether oxygens (including phenoxy) is 1. The quantitative estimate of drug-likeness (QED) is 0.680. The van der Waals surface area contributed by atoms with Crippen LogP contribution in [0.5, 0.6) is 0 Å². The van der Waals surface area contributed by atoms with Crippen LogP contribution in [0, 0.1) is 17.3 Å². The number of rotatable bonds is 2. The number of ketones is 1. The summed E-state index contributed by atoms with van der Waals surface area (Å²) in [4.78, 5) is 33.5. The van der Waals surface area contributed by atoms with Crippen LogP contribution in [0.25, 0.3) is 0 Å². The summed E-state index contributed by atoms with van der Waals surface area (Å²) in [7, 11) is 0. The smallest absolute Gasteiger partial charge is 0.342 e. The van der Waals surface area contributed by atoms with Crippen molar-refractivity contribution in [3.63, 3.8) is 0 Å². The van der Waals surface area contributed by atoms with Gasteiger partial charge in [-0.3, -0.25) is 9.63 Å². The first-order valence-electron chi connectivity index (χ1n) is 12.1. The number of nitrogens with zero attached hydrogens (tertiary/aromatic N) is 1. The van der Waals surface area contributed by atoms with Crippen molar-refractivity contribution in [2.75, 3.05) is 5.06 Å². The van der Waals surface area contributed by atoms with Gasteiger partial charge in [0.1, 0.15) is 11.7 Å². The van der Waals surface area contributed by atoms with Gasteiger partial charge in [0.2, 0.25) is 5.60 Å². The molecule has 7 atom stereocenters. The monoisotopic (exact) mass is 459 g/mol. The van der Waals surface area contributed by atoms with Crippen LogP contribution in [-0.4, -0.2) is 34.2 Å². The average molecular weight is 460 g/mol. The summed E-state index contributed by atoms with van der Waals surface area (Å²) in [6.07, 6.45) is 4.01. The molecule has 6 heteroatoms. The Hall–Kier alpha value is -2.96. The number of carbonyl (C=O) groups excluding carboxylic acids is 2. The van der Waals surface area contributed by atoms with Gasteiger partial charge in [0.05, 0.1) is 17.1 Å². The first-order chi connectivity index (χ1) is 16.3. The number of benzene rings is 2. The number of carbonyl (C=O) groups is 2. The minimum Gasteiger partial charge on any atom is -0.459 e. The van der Waals surface area contributed by atoms with E-state index in [2.05, 4.69) is 0 Å². The van der Waals surface area contributed by atoms with E-state index in [0.717, 1.165) is 11.3 Å². The zero-order valence-electron chi connectivity index (χ0n) is 19.4. The Morgan fingerprint density at radius 3 is 2.38 bits per heavy atom. The number of allylic oxidation sites excluding steroid dienone is 1. The van der Waals surface area contributed by atoms with Crippen LogP contribution in [0.2, 0.25) is 0 Å². The Morgan fingerprint density at radius 2 is 1.68 bits per heavy atom. The van der Waals surface area contributed by atoms with Gasteiger partial charge in [0.15, 0.2) is 5.78 Å². The van der Waals surface area contributed by atoms with Crippen molar-refractivity contribution in [3.8, 4) is 0 Å². The molecule has 6 nitrogen and oxygen atoms in total. The summed E-state index contributed by atoms with van der Waals surface area (Å²) in [5.74, 6) is -1.15. The summed E-state index contributed by atoms with van der Waals surface area (Å²) in [6.45, 7) is 3.72. The number of esters is 1. The molecule has 1 unspecified atom stereocenters. The molecule has 2 saturated heterocycles. The lowest BCUT2D eigenvalue weighted by Gasteiger charge is -2.43. The van der Waals surface area contributed by atoms with E-state index in [9.17, 15) is 14.7 Å². The highest BCUT2D eigenvalue weighted by Gasteiger charge is 2.74. The summed E-state index contributed by atoms with van der Waals surface area (Å²) >= 11 is 0. The van der Waals surface area contributed by atoms with Gasteiger partial charge < -0.3 is 9.84 Å². The van der Waals surface area contributed by atoms with E-state index < -0.39 is 28.7 Å². The van der Waals surface area contributed by atoms with Gasteiger partial charge in [-0.25, -0.2) is 9.86 Å². The fraction of sp³-hybridized carbons (Fsp3) is 0.429. The maximum absolute atomic E-state index is 13.7. The summed E-state index contributed by atoms with van der Waals surface area (Å²) in [6, 6.07) is 19.6. The van der Waals surface area contributed by atoms with Crippen LogP contribution < -0.4 is 5.06 Å². The van der Waals surface area contributed by atoms with E-state index in [1.54, 1.807) is 13.0 Å². The molecule has 176 valence electrons. The maximum Gasteiger partial charge on any atom is 0.342 e. The third-order valence-electron chi connectivity index (χ3n) is 8.84. The van der Waals surface area contributed by atoms with E-state index in [0.29, 0.717) is 19.3 Å². The lowest BCUT2D eigenvalue weighted by atomic mass is 9.63. The van der Waals surface area contributed by atoms with Gasteiger partial charge in [0, 0.05) is 12.3 Å². The zero-order chi connectivity index (χ0) is 23.7. The molecular formula is C28H29NO5. The molecule has 1 spiro atoms. The molecule has 1 saturated carbocycles. The second-order valence-corrected chi connectivity index (χ2v) is 10.4. The second kappa shape index (κ2) is 7.27. The molecule has 0 aromatic heterocycles. The van der Waals surface area contributed by atoms with Crippen molar-refractivity contribution in [2.24, 2.45) is 17.3 Å². The van der Waals surface area contributed by atoms with Crippen LogP contribution in [0.15, 0.2) is 72.8 Å². The Balaban J connectivity index is 1.46. The van der Waals surface area contributed by atoms with Gasteiger partial charge in [0.25, 0.3) is 0 Å². The van der Waals surface area contributed by atoms with E-state index in [4.69, 9.17) is 9.57 Å². The van der Waals surface area contributed by atoms with Crippen LogP contribution in [0.1, 0.15) is 44.7 Å². The highest BCUT2D eigenvalue weighted by molar-refractivity contribution is 6.00. The first-order valence-corrected chi connectivity index (χ1v) is 12.1. The Labute approximate surface area is 199 Å². The third kappa shape index (κ3) is 2.64. The number of aliphatic hydroxyl groups is 1. The molecule has 4 aliphatic rings. The molecule has 2 heterocycles. The second-order valence-electron chi connectivity index (χ2n) is 10.4. The van der Waals surface area contributed by atoms with Crippen LogP contribution >= 0.6 is 0 Å². The van der Waals surface area contributed by atoms with Gasteiger partial charge in [-0.2, -0.15) is 0 Å². The first kappa shape index (κ1) is 21.6. The molecule has 34 heavy (non-hydrogen) atoms. The molecule has 2 aliphatic carbocycles. The minimum atomic E-state index is -1.36. The van der Waals surface area contributed by atoms with E-state index in [1.807, 2.05) is 72.7 Å². The van der Waals surface area contributed by atoms with Crippen molar-refractivity contribution < 1.29 is 24.3 Å². The van der Waals surface area contributed by atoms with Gasteiger partial charge >= 0.3 is 5.97 Å². The van der Waals surface area contributed by atoms with E-state index >= 15 is 0 Å². The van der Waals surface area contributed by atoms with E-state index in [1.165, 1.54) is 6.08 Å². The van der Waals surface area contributed by atoms with Crippen molar-refractivity contribution in [1.29, 1.82) is 0 Å². The van der Waals surface area contributed by atoms with Crippen LogP contribution in [0.4, 0.5) is 5.69 Å². The molecule has 3 fully saturated rings. The molecule has 0 bridgehead atoms. The fourth-order valence-electron chi connectivity index (χ4n) is 6.76.